The zero-order valence-electron chi connectivity index (χ0n) is 20.3. The molecule has 0 radical (unpaired) electrons. The maximum Gasteiger partial charge on any atom is 0.266 e. The standard InChI is InChI=1S/C25H49NO4S/c1-3-4-5-6-7-8-9-10-11-12-13-14-15-16-17-18-19-20-21-22-25(27)26(2)23-24-31(28,29)30/h10-11H,3-9,12-24H2,1-2H3,(H,28,29,30)/b11-10-. The molecule has 0 aliphatic heterocycles. The van der Waals surface area contributed by atoms with Crippen molar-refractivity contribution in [2.75, 3.05) is 19.3 Å². The lowest BCUT2D eigenvalue weighted by atomic mass is 10.1. The molecule has 1 amide bonds. The lowest BCUT2D eigenvalue weighted by molar-refractivity contribution is -0.129. The number of hydrogen-bond donors (Lipinski definition) is 1. The van der Waals surface area contributed by atoms with Crippen LogP contribution in [0.15, 0.2) is 12.2 Å². The van der Waals surface area contributed by atoms with E-state index in [1.165, 1.54) is 94.8 Å². The van der Waals surface area contributed by atoms with Crippen molar-refractivity contribution in [2.24, 2.45) is 0 Å². The van der Waals surface area contributed by atoms with Crippen LogP contribution in [0.2, 0.25) is 0 Å². The fourth-order valence-electron chi connectivity index (χ4n) is 3.62. The number of allylic oxidation sites excluding steroid dienone is 2. The lowest BCUT2D eigenvalue weighted by Crippen LogP contribution is -2.31. The summed E-state index contributed by atoms with van der Waals surface area (Å²) in [5.74, 6) is -0.449. The van der Waals surface area contributed by atoms with Crippen LogP contribution in [0.25, 0.3) is 0 Å². The van der Waals surface area contributed by atoms with Gasteiger partial charge in [0.15, 0.2) is 0 Å². The molecule has 5 nitrogen and oxygen atoms in total. The van der Waals surface area contributed by atoms with Gasteiger partial charge >= 0.3 is 0 Å². The van der Waals surface area contributed by atoms with Crippen LogP contribution in [0.4, 0.5) is 0 Å². The first kappa shape index (κ1) is 30.1. The third kappa shape index (κ3) is 23.6. The van der Waals surface area contributed by atoms with E-state index in [9.17, 15) is 13.2 Å². The first-order valence-electron chi connectivity index (χ1n) is 12.7. The van der Waals surface area contributed by atoms with E-state index in [0.29, 0.717) is 6.42 Å². The summed E-state index contributed by atoms with van der Waals surface area (Å²) in [6.07, 6.45) is 26.7. The fraction of sp³-hybridized carbons (Fsp3) is 0.880. The summed E-state index contributed by atoms with van der Waals surface area (Å²) < 4.78 is 30.2. The predicted molar refractivity (Wildman–Crippen MR) is 132 cm³/mol. The van der Waals surface area contributed by atoms with E-state index in [0.717, 1.165) is 19.3 Å². The summed E-state index contributed by atoms with van der Waals surface area (Å²) in [4.78, 5) is 13.3. The van der Waals surface area contributed by atoms with Crippen molar-refractivity contribution in [3.63, 3.8) is 0 Å². The van der Waals surface area contributed by atoms with Crippen molar-refractivity contribution in [3.05, 3.63) is 12.2 Å². The molecule has 0 aliphatic rings. The summed E-state index contributed by atoms with van der Waals surface area (Å²) in [5, 5.41) is 0. The minimum absolute atomic E-state index is 0.0482. The molecule has 0 fully saturated rings. The smallest absolute Gasteiger partial charge is 0.266 e. The summed E-state index contributed by atoms with van der Waals surface area (Å²) in [7, 11) is -2.42. The number of carbonyl (C=O) groups is 1. The molecule has 0 aromatic rings. The third-order valence-electron chi connectivity index (χ3n) is 5.76. The Morgan fingerprint density at radius 3 is 1.61 bits per heavy atom. The van der Waals surface area contributed by atoms with Crippen LogP contribution < -0.4 is 0 Å². The number of carbonyl (C=O) groups excluding carboxylic acids is 1. The van der Waals surface area contributed by atoms with E-state index >= 15 is 0 Å². The molecule has 0 heterocycles. The number of amides is 1. The molecule has 0 aromatic heterocycles. The Labute approximate surface area is 192 Å². The molecule has 0 saturated carbocycles. The third-order valence-corrected chi connectivity index (χ3v) is 6.46. The molecule has 0 unspecified atom stereocenters. The predicted octanol–water partition coefficient (Wildman–Crippen LogP) is 6.93. The van der Waals surface area contributed by atoms with Crippen molar-refractivity contribution < 1.29 is 17.8 Å². The normalized spacial score (nSPS) is 12.0. The zero-order valence-corrected chi connectivity index (χ0v) is 21.1. The Kier molecular flexibility index (Phi) is 20.4. The van der Waals surface area contributed by atoms with Gasteiger partial charge in [0.05, 0.1) is 5.75 Å². The van der Waals surface area contributed by atoms with Crippen LogP contribution >= 0.6 is 0 Å². The van der Waals surface area contributed by atoms with Gasteiger partial charge in [0.1, 0.15) is 0 Å². The molecule has 0 rings (SSSR count). The Balaban J connectivity index is 3.32. The summed E-state index contributed by atoms with van der Waals surface area (Å²) >= 11 is 0. The Bertz CT molecular complexity index is 546. The average molecular weight is 460 g/mol. The second-order valence-corrected chi connectivity index (χ2v) is 10.4. The average Bonchev–Trinajstić information content (AvgIpc) is 2.72. The highest BCUT2D eigenvalue weighted by Gasteiger charge is 2.12. The molecule has 0 aliphatic carbocycles. The van der Waals surface area contributed by atoms with Crippen LogP contribution in [0.3, 0.4) is 0 Å². The van der Waals surface area contributed by atoms with E-state index in [1.807, 2.05) is 0 Å². The maximum atomic E-state index is 11.9. The molecule has 31 heavy (non-hydrogen) atoms. The molecule has 1 N–H and O–H groups in total. The van der Waals surface area contributed by atoms with Gasteiger partial charge in [0.2, 0.25) is 5.91 Å². The monoisotopic (exact) mass is 459 g/mol. The van der Waals surface area contributed by atoms with Gasteiger partial charge in [-0.25, -0.2) is 0 Å². The highest BCUT2D eigenvalue weighted by molar-refractivity contribution is 7.85. The fourth-order valence-corrected chi connectivity index (χ4v) is 4.13. The van der Waals surface area contributed by atoms with Gasteiger partial charge in [0.25, 0.3) is 10.1 Å². The minimum atomic E-state index is -4.00. The second kappa shape index (κ2) is 21.0. The van der Waals surface area contributed by atoms with Gasteiger partial charge in [-0.15, -0.1) is 0 Å². The molecule has 0 saturated heterocycles. The largest absolute Gasteiger partial charge is 0.345 e. The van der Waals surface area contributed by atoms with Crippen LogP contribution in [-0.2, 0) is 14.9 Å². The first-order chi connectivity index (χ1) is 14.9. The van der Waals surface area contributed by atoms with Crippen molar-refractivity contribution in [1.29, 1.82) is 0 Å². The molecule has 0 atom stereocenters. The van der Waals surface area contributed by atoms with E-state index in [-0.39, 0.29) is 12.5 Å². The molecule has 6 heteroatoms. The lowest BCUT2D eigenvalue weighted by Gasteiger charge is -2.16. The molecule has 0 bridgehead atoms. The minimum Gasteiger partial charge on any atom is -0.345 e. The summed E-state index contributed by atoms with van der Waals surface area (Å²) in [6.45, 7) is 2.31. The van der Waals surface area contributed by atoms with Gasteiger partial charge in [-0.3, -0.25) is 9.35 Å². The highest BCUT2D eigenvalue weighted by atomic mass is 32.2. The van der Waals surface area contributed by atoms with Gasteiger partial charge < -0.3 is 4.90 Å². The summed E-state index contributed by atoms with van der Waals surface area (Å²) in [6, 6.07) is 0. The number of nitrogens with zero attached hydrogens (tertiary/aromatic N) is 1. The quantitative estimate of drug-likeness (QED) is 0.108. The van der Waals surface area contributed by atoms with E-state index < -0.39 is 15.9 Å². The van der Waals surface area contributed by atoms with Gasteiger partial charge in [-0.1, -0.05) is 96.1 Å². The van der Waals surface area contributed by atoms with Gasteiger partial charge in [-0.2, -0.15) is 8.42 Å². The Morgan fingerprint density at radius 1 is 0.742 bits per heavy atom. The van der Waals surface area contributed by atoms with Crippen molar-refractivity contribution >= 4 is 16.0 Å². The van der Waals surface area contributed by atoms with E-state index in [2.05, 4.69) is 19.1 Å². The number of hydrogen-bond acceptors (Lipinski definition) is 3. The molecular formula is C25H49NO4S. The SMILES string of the molecule is CCCCCCCC/C=C\CCCCCCCCCCCC(=O)N(C)CCS(=O)(=O)O. The summed E-state index contributed by atoms with van der Waals surface area (Å²) in [5.41, 5.74) is 0. The molecule has 0 spiro atoms. The van der Waals surface area contributed by atoms with Crippen molar-refractivity contribution in [1.82, 2.24) is 4.90 Å². The number of rotatable bonds is 22. The van der Waals surface area contributed by atoms with Crippen LogP contribution in [-0.4, -0.2) is 43.1 Å². The van der Waals surface area contributed by atoms with E-state index in [1.54, 1.807) is 7.05 Å². The Morgan fingerprint density at radius 2 is 1.16 bits per heavy atom. The van der Waals surface area contributed by atoms with Gasteiger partial charge in [0, 0.05) is 20.0 Å². The van der Waals surface area contributed by atoms with Crippen molar-refractivity contribution in [2.45, 2.75) is 122 Å². The second-order valence-electron chi connectivity index (χ2n) is 8.85. The molecule has 184 valence electrons. The highest BCUT2D eigenvalue weighted by Crippen LogP contribution is 2.12. The Hall–Kier alpha value is -0.880. The topological polar surface area (TPSA) is 74.7 Å². The zero-order chi connectivity index (χ0) is 23.2. The van der Waals surface area contributed by atoms with Crippen LogP contribution in [0.5, 0.6) is 0 Å². The molecule has 0 aromatic carbocycles. The van der Waals surface area contributed by atoms with E-state index in [4.69, 9.17) is 4.55 Å². The molecular weight excluding hydrogens is 410 g/mol. The first-order valence-corrected chi connectivity index (χ1v) is 14.3. The maximum absolute atomic E-state index is 11.9. The van der Waals surface area contributed by atoms with Gasteiger partial charge in [-0.05, 0) is 32.1 Å². The number of unbranched alkanes of at least 4 members (excludes halogenated alkanes) is 15. The van der Waals surface area contributed by atoms with Crippen LogP contribution in [0, 0.1) is 0 Å². The van der Waals surface area contributed by atoms with Crippen LogP contribution in [0.1, 0.15) is 122 Å². The van der Waals surface area contributed by atoms with Crippen molar-refractivity contribution in [3.8, 4) is 0 Å².